The van der Waals surface area contributed by atoms with E-state index in [0.29, 0.717) is 37.1 Å². The summed E-state index contributed by atoms with van der Waals surface area (Å²) in [5.74, 6) is 0.169. The van der Waals surface area contributed by atoms with Gasteiger partial charge in [0.15, 0.2) is 5.78 Å². The SMILES string of the molecule is O=C(CSc1nnc(-c2ccccn2)c(-c2ccccn2)n1)c1ccc(Cl)s1. The average molecular weight is 426 g/mol. The molecule has 6 nitrogen and oxygen atoms in total. The number of nitrogens with zero attached hydrogens (tertiary/aromatic N) is 5. The highest BCUT2D eigenvalue weighted by Gasteiger charge is 2.17. The maximum atomic E-state index is 12.3. The van der Waals surface area contributed by atoms with Gasteiger partial charge in [0.05, 0.1) is 26.4 Å². The van der Waals surface area contributed by atoms with E-state index in [1.807, 2.05) is 36.4 Å². The number of ketones is 1. The van der Waals surface area contributed by atoms with E-state index in [4.69, 9.17) is 11.6 Å². The second-order valence-electron chi connectivity index (χ2n) is 5.54. The third-order valence-electron chi connectivity index (χ3n) is 3.66. The summed E-state index contributed by atoms with van der Waals surface area (Å²) in [4.78, 5) is 26.2. The number of rotatable bonds is 6. The van der Waals surface area contributed by atoms with Gasteiger partial charge in [0.1, 0.15) is 11.4 Å². The van der Waals surface area contributed by atoms with Crippen LogP contribution in [0, 0.1) is 0 Å². The predicted octanol–water partition coefficient (Wildman–Crippen LogP) is 4.69. The van der Waals surface area contributed by atoms with E-state index in [1.54, 1.807) is 24.5 Å². The fourth-order valence-corrected chi connectivity index (χ4v) is 4.14. The molecule has 0 spiro atoms. The monoisotopic (exact) mass is 425 g/mol. The van der Waals surface area contributed by atoms with Crippen LogP contribution in [0.3, 0.4) is 0 Å². The normalized spacial score (nSPS) is 10.8. The van der Waals surface area contributed by atoms with E-state index in [0.717, 1.165) is 0 Å². The number of halogens is 1. The van der Waals surface area contributed by atoms with E-state index < -0.39 is 0 Å². The molecule has 0 saturated carbocycles. The number of thiophene rings is 1. The molecule has 28 heavy (non-hydrogen) atoms. The summed E-state index contributed by atoms with van der Waals surface area (Å²) in [6, 6.07) is 14.5. The molecule has 0 atom stereocenters. The highest BCUT2D eigenvalue weighted by Crippen LogP contribution is 2.28. The lowest BCUT2D eigenvalue weighted by molar-refractivity contribution is 0.102. The maximum Gasteiger partial charge on any atom is 0.210 e. The number of hydrogen-bond acceptors (Lipinski definition) is 8. The van der Waals surface area contributed by atoms with Crippen molar-refractivity contribution in [3.63, 3.8) is 0 Å². The van der Waals surface area contributed by atoms with E-state index in [9.17, 15) is 4.79 Å². The zero-order chi connectivity index (χ0) is 19.3. The summed E-state index contributed by atoms with van der Waals surface area (Å²) in [6.07, 6.45) is 3.38. The molecule has 4 aromatic heterocycles. The molecule has 4 rings (SSSR count). The lowest BCUT2D eigenvalue weighted by Crippen LogP contribution is -2.04. The molecule has 0 saturated heterocycles. The van der Waals surface area contributed by atoms with Crippen molar-refractivity contribution in [3.8, 4) is 22.8 Å². The summed E-state index contributed by atoms with van der Waals surface area (Å²) in [6.45, 7) is 0. The van der Waals surface area contributed by atoms with Crippen molar-refractivity contribution in [1.82, 2.24) is 25.1 Å². The second-order valence-corrected chi connectivity index (χ2v) is 8.19. The molecule has 4 heterocycles. The molecule has 0 bridgehead atoms. The lowest BCUT2D eigenvalue weighted by Gasteiger charge is -2.07. The van der Waals surface area contributed by atoms with E-state index >= 15 is 0 Å². The van der Waals surface area contributed by atoms with Gasteiger partial charge >= 0.3 is 0 Å². The van der Waals surface area contributed by atoms with Crippen LogP contribution in [-0.2, 0) is 0 Å². The number of aromatic nitrogens is 5. The minimum Gasteiger partial charge on any atom is -0.292 e. The number of Topliss-reactive ketones (excluding diaryl/α,β-unsaturated/α-hetero) is 1. The quantitative estimate of drug-likeness (QED) is 0.327. The molecule has 0 radical (unpaired) electrons. The zero-order valence-corrected chi connectivity index (χ0v) is 16.7. The van der Waals surface area contributed by atoms with Gasteiger partial charge in [0, 0.05) is 12.4 Å². The van der Waals surface area contributed by atoms with E-state index in [2.05, 4.69) is 25.1 Å². The molecule has 0 aliphatic heterocycles. The molecular weight excluding hydrogens is 414 g/mol. The van der Waals surface area contributed by atoms with Crippen molar-refractivity contribution in [2.24, 2.45) is 0 Å². The summed E-state index contributed by atoms with van der Waals surface area (Å²) in [5.41, 5.74) is 2.43. The summed E-state index contributed by atoms with van der Waals surface area (Å²) in [7, 11) is 0. The standard InChI is InChI=1S/C19H12ClN5OS2/c20-16-8-7-15(28-16)14(26)11-27-19-23-17(12-5-1-3-9-21-12)18(24-25-19)13-6-2-4-10-22-13/h1-10H,11H2. The van der Waals surface area contributed by atoms with Gasteiger partial charge in [0.2, 0.25) is 5.16 Å². The Kier molecular flexibility index (Phi) is 5.70. The van der Waals surface area contributed by atoms with Crippen molar-refractivity contribution in [1.29, 1.82) is 0 Å². The smallest absolute Gasteiger partial charge is 0.210 e. The third kappa shape index (κ3) is 4.24. The largest absolute Gasteiger partial charge is 0.292 e. The van der Waals surface area contributed by atoms with Crippen LogP contribution in [-0.4, -0.2) is 36.7 Å². The van der Waals surface area contributed by atoms with Crippen LogP contribution in [0.15, 0.2) is 66.1 Å². The van der Waals surface area contributed by atoms with Crippen molar-refractivity contribution in [2.75, 3.05) is 5.75 Å². The molecule has 9 heteroatoms. The number of pyridine rings is 2. The van der Waals surface area contributed by atoms with E-state index in [-0.39, 0.29) is 11.5 Å². The van der Waals surface area contributed by atoms with Gasteiger partial charge in [0.25, 0.3) is 0 Å². The molecule has 0 amide bonds. The zero-order valence-electron chi connectivity index (χ0n) is 14.3. The van der Waals surface area contributed by atoms with Crippen molar-refractivity contribution in [3.05, 3.63) is 70.1 Å². The Morgan fingerprint density at radius 3 is 2.25 bits per heavy atom. The van der Waals surface area contributed by atoms with Gasteiger partial charge in [-0.25, -0.2) is 4.98 Å². The minimum atomic E-state index is -0.0290. The van der Waals surface area contributed by atoms with Crippen LogP contribution in [0.1, 0.15) is 9.67 Å². The molecule has 138 valence electrons. The van der Waals surface area contributed by atoms with Gasteiger partial charge in [-0.1, -0.05) is 35.5 Å². The van der Waals surface area contributed by atoms with Crippen LogP contribution >= 0.6 is 34.7 Å². The van der Waals surface area contributed by atoms with Crippen LogP contribution in [0.5, 0.6) is 0 Å². The summed E-state index contributed by atoms with van der Waals surface area (Å²) in [5, 5.41) is 8.89. The molecule has 0 aliphatic rings. The first-order valence-electron chi connectivity index (χ1n) is 8.19. The Morgan fingerprint density at radius 2 is 1.64 bits per heavy atom. The molecule has 0 unspecified atom stereocenters. The topological polar surface area (TPSA) is 81.5 Å². The van der Waals surface area contributed by atoms with Crippen LogP contribution < -0.4 is 0 Å². The van der Waals surface area contributed by atoms with Crippen molar-refractivity contribution < 1.29 is 4.79 Å². The highest BCUT2D eigenvalue weighted by molar-refractivity contribution is 7.99. The minimum absolute atomic E-state index is 0.0290. The molecule has 0 N–H and O–H groups in total. The first-order chi connectivity index (χ1) is 13.7. The van der Waals surface area contributed by atoms with Gasteiger partial charge in [-0.2, -0.15) is 0 Å². The first-order valence-corrected chi connectivity index (χ1v) is 10.4. The summed E-state index contributed by atoms with van der Waals surface area (Å²) >= 11 is 8.38. The number of carbonyl (C=O) groups is 1. The second kappa shape index (κ2) is 8.55. The van der Waals surface area contributed by atoms with E-state index in [1.165, 1.54) is 23.1 Å². The summed E-state index contributed by atoms with van der Waals surface area (Å²) < 4.78 is 0.586. The average Bonchev–Trinajstić information content (AvgIpc) is 3.19. The Bertz CT molecular complexity index is 1110. The van der Waals surface area contributed by atoms with Crippen LogP contribution in [0.25, 0.3) is 22.8 Å². The first kappa shape index (κ1) is 18.7. The molecule has 0 fully saturated rings. The van der Waals surface area contributed by atoms with Gasteiger partial charge in [-0.15, -0.1) is 21.5 Å². The molecule has 4 aromatic rings. The van der Waals surface area contributed by atoms with Gasteiger partial charge < -0.3 is 0 Å². The predicted molar refractivity (Wildman–Crippen MR) is 111 cm³/mol. The molecular formula is C19H12ClN5OS2. The van der Waals surface area contributed by atoms with Crippen LogP contribution in [0.4, 0.5) is 0 Å². The van der Waals surface area contributed by atoms with Crippen molar-refractivity contribution in [2.45, 2.75) is 5.16 Å². The fourth-order valence-electron chi connectivity index (χ4n) is 2.39. The number of hydrogen-bond donors (Lipinski definition) is 0. The Hall–Kier alpha value is -2.68. The van der Waals surface area contributed by atoms with Crippen molar-refractivity contribution >= 4 is 40.5 Å². The van der Waals surface area contributed by atoms with Gasteiger partial charge in [-0.05, 0) is 36.4 Å². The third-order valence-corrected chi connectivity index (χ3v) is 5.77. The Labute approximate surface area is 174 Å². The molecule has 0 aromatic carbocycles. The van der Waals surface area contributed by atoms with Gasteiger partial charge in [-0.3, -0.25) is 14.8 Å². The number of carbonyl (C=O) groups excluding carboxylic acids is 1. The fraction of sp³-hybridized carbons (Fsp3) is 0.0526. The number of thioether (sulfide) groups is 1. The lowest BCUT2D eigenvalue weighted by atomic mass is 10.1. The Balaban J connectivity index is 1.64. The Morgan fingerprint density at radius 1 is 0.929 bits per heavy atom. The van der Waals surface area contributed by atoms with Crippen LogP contribution in [0.2, 0.25) is 4.34 Å². The maximum absolute atomic E-state index is 12.3. The molecule has 0 aliphatic carbocycles. The highest BCUT2D eigenvalue weighted by atomic mass is 35.5.